The lowest BCUT2D eigenvalue weighted by Gasteiger charge is -2.34. The zero-order valence-electron chi connectivity index (χ0n) is 12.8. The molecule has 0 aromatic heterocycles. The van der Waals surface area contributed by atoms with E-state index in [-0.39, 0.29) is 30.4 Å². The molecule has 20 heavy (non-hydrogen) atoms. The van der Waals surface area contributed by atoms with E-state index in [0.717, 1.165) is 19.5 Å². The van der Waals surface area contributed by atoms with Gasteiger partial charge < -0.3 is 15.3 Å². The van der Waals surface area contributed by atoms with Crippen molar-refractivity contribution in [2.45, 2.75) is 32.8 Å². The fourth-order valence-electron chi connectivity index (χ4n) is 2.30. The van der Waals surface area contributed by atoms with Gasteiger partial charge in [-0.1, -0.05) is 13.8 Å². The number of amides is 2. The van der Waals surface area contributed by atoms with Crippen molar-refractivity contribution in [3.63, 3.8) is 0 Å². The summed E-state index contributed by atoms with van der Waals surface area (Å²) >= 11 is 0. The number of piperidine rings is 1. The van der Waals surface area contributed by atoms with Gasteiger partial charge in [-0.3, -0.25) is 14.5 Å². The van der Waals surface area contributed by atoms with Crippen molar-refractivity contribution in [1.82, 2.24) is 15.1 Å². The summed E-state index contributed by atoms with van der Waals surface area (Å²) in [5, 5.41) is 12.4. The SMILES string of the molecule is CCCNC(=O)CN(C)C(=O)CN1CCC(O)C(C)C1. The lowest BCUT2D eigenvalue weighted by molar-refractivity contribution is -0.136. The van der Waals surface area contributed by atoms with Gasteiger partial charge in [0, 0.05) is 26.7 Å². The van der Waals surface area contributed by atoms with Crippen LogP contribution in [0.25, 0.3) is 0 Å². The number of likely N-dealkylation sites (N-methyl/N-ethyl adjacent to an activating group) is 1. The Kier molecular flexibility index (Phi) is 6.95. The Morgan fingerprint density at radius 2 is 2.15 bits per heavy atom. The molecule has 1 saturated heterocycles. The highest BCUT2D eigenvalue weighted by Gasteiger charge is 2.26. The highest BCUT2D eigenvalue weighted by Crippen LogP contribution is 2.16. The van der Waals surface area contributed by atoms with Crippen LogP contribution in [0.5, 0.6) is 0 Å². The average molecular weight is 285 g/mol. The van der Waals surface area contributed by atoms with Crippen LogP contribution in [0, 0.1) is 5.92 Å². The number of aliphatic hydroxyl groups is 1. The van der Waals surface area contributed by atoms with Crippen molar-refractivity contribution >= 4 is 11.8 Å². The summed E-state index contributed by atoms with van der Waals surface area (Å²) in [6.45, 7) is 6.49. The van der Waals surface area contributed by atoms with Crippen LogP contribution in [0.2, 0.25) is 0 Å². The van der Waals surface area contributed by atoms with Crippen LogP contribution in [0.3, 0.4) is 0 Å². The Balaban J connectivity index is 2.32. The average Bonchev–Trinajstić information content (AvgIpc) is 2.40. The van der Waals surface area contributed by atoms with Gasteiger partial charge in [0.2, 0.25) is 11.8 Å². The molecule has 2 amide bonds. The molecule has 0 bridgehead atoms. The zero-order valence-corrected chi connectivity index (χ0v) is 12.8. The van der Waals surface area contributed by atoms with Gasteiger partial charge in [-0.2, -0.15) is 0 Å². The third-order valence-electron chi connectivity index (χ3n) is 3.68. The molecule has 0 radical (unpaired) electrons. The van der Waals surface area contributed by atoms with E-state index >= 15 is 0 Å². The van der Waals surface area contributed by atoms with Gasteiger partial charge in [0.25, 0.3) is 0 Å². The molecule has 1 aliphatic rings. The van der Waals surface area contributed by atoms with Gasteiger partial charge in [0.1, 0.15) is 0 Å². The molecule has 6 heteroatoms. The van der Waals surface area contributed by atoms with Crippen LogP contribution >= 0.6 is 0 Å². The molecule has 0 spiro atoms. The summed E-state index contributed by atoms with van der Waals surface area (Å²) in [5.41, 5.74) is 0. The van der Waals surface area contributed by atoms with E-state index in [2.05, 4.69) is 5.32 Å². The highest BCUT2D eigenvalue weighted by molar-refractivity contribution is 5.85. The Morgan fingerprint density at radius 3 is 2.75 bits per heavy atom. The van der Waals surface area contributed by atoms with Crippen LogP contribution < -0.4 is 5.32 Å². The Bertz CT molecular complexity index is 336. The number of aliphatic hydroxyl groups excluding tert-OH is 1. The molecule has 2 atom stereocenters. The van der Waals surface area contributed by atoms with Gasteiger partial charge in [0.15, 0.2) is 0 Å². The number of carbonyl (C=O) groups is 2. The molecule has 0 aliphatic carbocycles. The van der Waals surface area contributed by atoms with E-state index in [9.17, 15) is 14.7 Å². The predicted octanol–water partition coefficient (Wildman–Crippen LogP) is -0.326. The quantitative estimate of drug-likeness (QED) is 0.701. The summed E-state index contributed by atoms with van der Waals surface area (Å²) in [5.74, 6) is 0.0140. The van der Waals surface area contributed by atoms with Crippen LogP contribution in [0.1, 0.15) is 26.7 Å². The van der Waals surface area contributed by atoms with E-state index in [1.54, 1.807) is 7.05 Å². The first-order chi connectivity index (χ1) is 9.43. The first kappa shape index (κ1) is 16.9. The molecule has 0 aromatic carbocycles. The number of hydrogen-bond donors (Lipinski definition) is 2. The third kappa shape index (κ3) is 5.46. The van der Waals surface area contributed by atoms with Crippen molar-refractivity contribution in [1.29, 1.82) is 0 Å². The van der Waals surface area contributed by atoms with E-state index in [1.165, 1.54) is 4.90 Å². The number of rotatable bonds is 6. The Morgan fingerprint density at radius 1 is 1.45 bits per heavy atom. The standard InChI is InChI=1S/C14H27N3O3/c1-4-6-15-13(19)9-16(3)14(20)10-17-7-5-12(18)11(2)8-17/h11-12,18H,4-10H2,1-3H3,(H,15,19). The van der Waals surface area contributed by atoms with Crippen molar-refractivity contribution in [2.24, 2.45) is 5.92 Å². The van der Waals surface area contributed by atoms with E-state index < -0.39 is 0 Å². The molecule has 0 aromatic rings. The smallest absolute Gasteiger partial charge is 0.239 e. The lowest BCUT2D eigenvalue weighted by atomic mass is 9.97. The highest BCUT2D eigenvalue weighted by atomic mass is 16.3. The minimum absolute atomic E-state index is 0.0553. The molecule has 1 aliphatic heterocycles. The normalized spacial score (nSPS) is 23.4. The van der Waals surface area contributed by atoms with Crippen LogP contribution in [-0.4, -0.2) is 72.6 Å². The Hall–Kier alpha value is -1.14. The molecular weight excluding hydrogens is 258 g/mol. The fourth-order valence-corrected chi connectivity index (χ4v) is 2.30. The topological polar surface area (TPSA) is 72.9 Å². The molecule has 0 saturated carbocycles. The maximum absolute atomic E-state index is 12.1. The second-order valence-corrected chi connectivity index (χ2v) is 5.67. The molecule has 1 heterocycles. The van der Waals surface area contributed by atoms with E-state index in [0.29, 0.717) is 19.5 Å². The minimum Gasteiger partial charge on any atom is -0.393 e. The molecule has 2 unspecified atom stereocenters. The number of nitrogens with one attached hydrogen (secondary N) is 1. The van der Waals surface area contributed by atoms with Crippen LogP contribution in [-0.2, 0) is 9.59 Å². The van der Waals surface area contributed by atoms with Gasteiger partial charge in [0.05, 0.1) is 19.2 Å². The number of hydrogen-bond acceptors (Lipinski definition) is 4. The Labute approximate surface area is 121 Å². The predicted molar refractivity (Wildman–Crippen MR) is 77.2 cm³/mol. The zero-order chi connectivity index (χ0) is 15.1. The third-order valence-corrected chi connectivity index (χ3v) is 3.68. The lowest BCUT2D eigenvalue weighted by Crippen LogP contribution is -2.48. The van der Waals surface area contributed by atoms with E-state index in [1.807, 2.05) is 18.7 Å². The summed E-state index contributed by atoms with van der Waals surface area (Å²) < 4.78 is 0. The summed E-state index contributed by atoms with van der Waals surface area (Å²) in [6.07, 6.45) is 1.32. The van der Waals surface area contributed by atoms with Crippen molar-refractivity contribution in [3.05, 3.63) is 0 Å². The molecule has 116 valence electrons. The first-order valence-corrected chi connectivity index (χ1v) is 7.35. The molecule has 2 N–H and O–H groups in total. The molecule has 1 fully saturated rings. The fraction of sp³-hybridized carbons (Fsp3) is 0.857. The van der Waals surface area contributed by atoms with Crippen molar-refractivity contribution in [2.75, 3.05) is 39.8 Å². The van der Waals surface area contributed by atoms with Crippen LogP contribution in [0.4, 0.5) is 0 Å². The van der Waals surface area contributed by atoms with Gasteiger partial charge in [-0.25, -0.2) is 0 Å². The molecular formula is C14H27N3O3. The minimum atomic E-state index is -0.265. The number of nitrogens with zero attached hydrogens (tertiary/aromatic N) is 2. The van der Waals surface area contributed by atoms with Gasteiger partial charge in [-0.15, -0.1) is 0 Å². The number of carbonyl (C=O) groups excluding carboxylic acids is 2. The largest absolute Gasteiger partial charge is 0.393 e. The molecule has 1 rings (SSSR count). The maximum atomic E-state index is 12.1. The number of likely N-dealkylation sites (tertiary alicyclic amines) is 1. The van der Waals surface area contributed by atoms with Crippen molar-refractivity contribution < 1.29 is 14.7 Å². The first-order valence-electron chi connectivity index (χ1n) is 7.35. The van der Waals surface area contributed by atoms with Crippen LogP contribution in [0.15, 0.2) is 0 Å². The van der Waals surface area contributed by atoms with E-state index in [4.69, 9.17) is 0 Å². The summed E-state index contributed by atoms with van der Waals surface area (Å²) in [7, 11) is 1.65. The maximum Gasteiger partial charge on any atom is 0.239 e. The second-order valence-electron chi connectivity index (χ2n) is 5.67. The monoisotopic (exact) mass is 285 g/mol. The summed E-state index contributed by atoms with van der Waals surface area (Å²) in [4.78, 5) is 27.1. The van der Waals surface area contributed by atoms with Gasteiger partial charge >= 0.3 is 0 Å². The summed E-state index contributed by atoms with van der Waals surface area (Å²) in [6, 6.07) is 0. The molecule has 6 nitrogen and oxygen atoms in total. The second kappa shape index (κ2) is 8.21. The van der Waals surface area contributed by atoms with Crippen molar-refractivity contribution in [3.8, 4) is 0 Å². The van der Waals surface area contributed by atoms with Gasteiger partial charge in [-0.05, 0) is 18.8 Å².